The van der Waals surface area contributed by atoms with Crippen LogP contribution < -0.4 is 0 Å². The molecule has 0 unspecified atom stereocenters. The van der Waals surface area contributed by atoms with Crippen molar-refractivity contribution in [1.29, 1.82) is 0 Å². The smallest absolute Gasteiger partial charge is 0.410 e. The first-order valence-corrected chi connectivity index (χ1v) is 12.8. The Hall–Kier alpha value is -2.31. The van der Waals surface area contributed by atoms with Crippen LogP contribution in [0.1, 0.15) is 45.6 Å². The molecule has 2 saturated heterocycles. The Bertz CT molecular complexity index is 1070. The molecule has 1 atom stereocenters. The first kappa shape index (κ1) is 25.8. The topological polar surface area (TPSA) is 49.9 Å². The lowest BCUT2D eigenvalue weighted by atomic mass is 9.95. The molecule has 2 amide bonds. The number of ether oxygens (including phenoxy) is 1. The van der Waals surface area contributed by atoms with Gasteiger partial charge in [-0.25, -0.2) is 9.18 Å². The van der Waals surface area contributed by atoms with Crippen LogP contribution in [-0.2, 0) is 16.0 Å². The van der Waals surface area contributed by atoms with Gasteiger partial charge in [0.2, 0.25) is 5.91 Å². The van der Waals surface area contributed by atoms with Crippen molar-refractivity contribution in [3.8, 4) is 11.1 Å². The van der Waals surface area contributed by atoms with Gasteiger partial charge in [-0.05, 0) is 87.4 Å². The van der Waals surface area contributed by atoms with Crippen molar-refractivity contribution in [2.24, 2.45) is 5.92 Å². The predicted molar refractivity (Wildman–Crippen MR) is 136 cm³/mol. The van der Waals surface area contributed by atoms with Crippen LogP contribution in [0.4, 0.5) is 9.18 Å². The first-order valence-electron chi connectivity index (χ1n) is 12.0. The number of halogens is 3. The lowest BCUT2D eigenvalue weighted by molar-refractivity contribution is -0.133. The Morgan fingerprint density at radius 3 is 2.17 bits per heavy atom. The molecule has 0 saturated carbocycles. The van der Waals surface area contributed by atoms with Crippen LogP contribution in [0.25, 0.3) is 11.1 Å². The average molecular weight is 521 g/mol. The van der Waals surface area contributed by atoms with Gasteiger partial charge >= 0.3 is 6.09 Å². The van der Waals surface area contributed by atoms with Gasteiger partial charge in [0.05, 0.1) is 0 Å². The fourth-order valence-electron chi connectivity index (χ4n) is 4.86. The number of carbonyl (C=O) groups excluding carboxylic acids is 2. The minimum absolute atomic E-state index is 0.121. The highest BCUT2D eigenvalue weighted by Crippen LogP contribution is 2.36. The van der Waals surface area contributed by atoms with Crippen LogP contribution in [0, 0.1) is 11.7 Å². The van der Waals surface area contributed by atoms with Crippen LogP contribution in [-0.4, -0.2) is 53.1 Å². The van der Waals surface area contributed by atoms with Crippen molar-refractivity contribution in [2.75, 3.05) is 19.6 Å². The zero-order chi connectivity index (χ0) is 25.3. The number of nitrogens with zero attached hydrogens (tertiary/aromatic N) is 2. The van der Waals surface area contributed by atoms with E-state index in [0.29, 0.717) is 36.1 Å². The van der Waals surface area contributed by atoms with Gasteiger partial charge < -0.3 is 14.5 Å². The molecule has 0 radical (unpaired) electrons. The average Bonchev–Trinajstić information content (AvgIpc) is 3.15. The van der Waals surface area contributed by atoms with Gasteiger partial charge in [0.25, 0.3) is 0 Å². The van der Waals surface area contributed by atoms with E-state index in [0.717, 1.165) is 36.0 Å². The highest BCUT2D eigenvalue weighted by atomic mass is 35.5. The maximum atomic E-state index is 13.3. The fraction of sp³-hybridized carbons (Fsp3) is 0.481. The van der Waals surface area contributed by atoms with E-state index in [2.05, 4.69) is 0 Å². The monoisotopic (exact) mass is 520 g/mol. The summed E-state index contributed by atoms with van der Waals surface area (Å²) in [7, 11) is 0. The summed E-state index contributed by atoms with van der Waals surface area (Å²) in [6.45, 7) is 7.43. The molecule has 0 spiro atoms. The predicted octanol–water partition coefficient (Wildman–Crippen LogP) is 6.59. The highest BCUT2D eigenvalue weighted by Gasteiger charge is 2.38. The summed E-state index contributed by atoms with van der Waals surface area (Å²) in [5.74, 6) is -0.358. The van der Waals surface area contributed by atoms with E-state index >= 15 is 0 Å². The number of piperidine rings is 1. The van der Waals surface area contributed by atoms with E-state index in [1.165, 1.54) is 12.1 Å². The van der Waals surface area contributed by atoms with Gasteiger partial charge in [0.15, 0.2) is 0 Å². The molecule has 0 bridgehead atoms. The third kappa shape index (κ3) is 6.10. The van der Waals surface area contributed by atoms with Crippen molar-refractivity contribution in [3.63, 3.8) is 0 Å². The molecular weight excluding hydrogens is 490 g/mol. The van der Waals surface area contributed by atoms with Gasteiger partial charge in [0.1, 0.15) is 11.4 Å². The van der Waals surface area contributed by atoms with E-state index in [9.17, 15) is 14.0 Å². The first-order chi connectivity index (χ1) is 16.5. The second kappa shape index (κ2) is 10.4. The van der Waals surface area contributed by atoms with Crippen molar-refractivity contribution in [2.45, 2.75) is 58.1 Å². The molecule has 0 N–H and O–H groups in total. The number of amides is 2. The molecule has 2 heterocycles. The van der Waals surface area contributed by atoms with E-state index in [1.54, 1.807) is 17.0 Å². The van der Waals surface area contributed by atoms with Gasteiger partial charge in [-0.2, -0.15) is 0 Å². The van der Waals surface area contributed by atoms with E-state index in [-0.39, 0.29) is 29.8 Å². The lowest BCUT2D eigenvalue weighted by Crippen LogP contribution is -2.48. The van der Waals surface area contributed by atoms with Gasteiger partial charge in [-0.1, -0.05) is 35.3 Å². The Morgan fingerprint density at radius 2 is 1.60 bits per heavy atom. The summed E-state index contributed by atoms with van der Waals surface area (Å²) in [5.41, 5.74) is 1.87. The van der Waals surface area contributed by atoms with Crippen molar-refractivity contribution < 1.29 is 18.7 Å². The van der Waals surface area contributed by atoms with Crippen LogP contribution in [0.2, 0.25) is 10.0 Å². The minimum Gasteiger partial charge on any atom is -0.444 e. The Labute approximate surface area is 216 Å². The quantitative estimate of drug-likeness (QED) is 0.456. The molecule has 35 heavy (non-hydrogen) atoms. The van der Waals surface area contributed by atoms with Gasteiger partial charge in [-0.15, -0.1) is 0 Å². The summed E-state index contributed by atoms with van der Waals surface area (Å²) in [6, 6.07) is 9.92. The number of benzene rings is 2. The van der Waals surface area contributed by atoms with Crippen LogP contribution in [0.15, 0.2) is 36.4 Å². The third-order valence-corrected chi connectivity index (χ3v) is 7.35. The number of rotatable bonds is 4. The van der Waals surface area contributed by atoms with E-state index in [1.807, 2.05) is 37.8 Å². The molecule has 5 nitrogen and oxygen atoms in total. The summed E-state index contributed by atoms with van der Waals surface area (Å²) in [5, 5.41) is 1.02. The zero-order valence-corrected chi connectivity index (χ0v) is 21.8. The summed E-state index contributed by atoms with van der Waals surface area (Å²) >= 11 is 13.2. The van der Waals surface area contributed by atoms with Crippen molar-refractivity contribution in [1.82, 2.24) is 9.80 Å². The zero-order valence-electron chi connectivity index (χ0n) is 20.3. The van der Waals surface area contributed by atoms with Crippen molar-refractivity contribution >= 4 is 35.2 Å². The standard InChI is InChI=1S/C27H31Cl2FN2O3/c1-27(2,3)35-26(34)31-11-9-21(10-12-31)32-13-8-18(25(32)33)14-22-23(28)15-19(16-24(22)29)17-4-6-20(30)7-5-17/h4-7,15-16,18,21H,8-14H2,1-3H3/t18-/m0/s1. The molecule has 2 fully saturated rings. The fourth-order valence-corrected chi connectivity index (χ4v) is 5.50. The third-order valence-electron chi connectivity index (χ3n) is 6.68. The maximum Gasteiger partial charge on any atom is 0.410 e. The molecule has 2 aromatic carbocycles. The number of hydrogen-bond acceptors (Lipinski definition) is 3. The SMILES string of the molecule is CC(C)(C)OC(=O)N1CCC(N2CC[C@@H](Cc3c(Cl)cc(-c4ccc(F)cc4)cc3Cl)C2=O)CC1. The van der Waals surface area contributed by atoms with E-state index in [4.69, 9.17) is 27.9 Å². The normalized spacial score (nSPS) is 19.4. The molecule has 2 aromatic rings. The van der Waals surface area contributed by atoms with Crippen LogP contribution in [0.5, 0.6) is 0 Å². The Balaban J connectivity index is 1.37. The van der Waals surface area contributed by atoms with Gasteiger partial charge in [-0.3, -0.25) is 4.79 Å². The number of hydrogen-bond donors (Lipinski definition) is 0. The molecule has 0 aliphatic carbocycles. The molecule has 2 aliphatic heterocycles. The second-order valence-electron chi connectivity index (χ2n) is 10.3. The second-order valence-corrected chi connectivity index (χ2v) is 11.2. The van der Waals surface area contributed by atoms with Crippen molar-refractivity contribution in [3.05, 3.63) is 57.8 Å². The summed E-state index contributed by atoms with van der Waals surface area (Å²) in [6.07, 6.45) is 2.41. The highest BCUT2D eigenvalue weighted by molar-refractivity contribution is 6.36. The lowest BCUT2D eigenvalue weighted by Gasteiger charge is -2.37. The minimum atomic E-state index is -0.522. The molecule has 8 heteroatoms. The largest absolute Gasteiger partial charge is 0.444 e. The molecule has 2 aliphatic rings. The molecule has 188 valence electrons. The van der Waals surface area contributed by atoms with Crippen LogP contribution >= 0.6 is 23.2 Å². The molecular formula is C27H31Cl2FN2O3. The Morgan fingerprint density at radius 1 is 1.00 bits per heavy atom. The summed E-state index contributed by atoms with van der Waals surface area (Å²) < 4.78 is 18.7. The summed E-state index contributed by atoms with van der Waals surface area (Å²) in [4.78, 5) is 29.3. The molecule has 4 rings (SSSR count). The van der Waals surface area contributed by atoms with Gasteiger partial charge in [0, 0.05) is 41.6 Å². The molecule has 0 aromatic heterocycles. The maximum absolute atomic E-state index is 13.3. The van der Waals surface area contributed by atoms with E-state index < -0.39 is 5.60 Å². The van der Waals surface area contributed by atoms with Crippen LogP contribution in [0.3, 0.4) is 0 Å². The Kier molecular flexibility index (Phi) is 7.62. The number of likely N-dealkylation sites (tertiary alicyclic amines) is 2. The number of carbonyl (C=O) groups is 2.